The van der Waals surface area contributed by atoms with E-state index < -0.39 is 35.4 Å². The first-order chi connectivity index (χ1) is 34.5. The van der Waals surface area contributed by atoms with Gasteiger partial charge in [-0.2, -0.15) is 0 Å². The first-order valence-corrected chi connectivity index (χ1v) is 26.4. The van der Waals surface area contributed by atoms with Gasteiger partial charge in [-0.3, -0.25) is 9.59 Å². The zero-order valence-corrected chi connectivity index (χ0v) is 47.0. The van der Waals surface area contributed by atoms with Gasteiger partial charge in [-0.05, 0) is 163 Å². The van der Waals surface area contributed by atoms with Crippen LogP contribution in [0.25, 0.3) is 0 Å². The zero-order chi connectivity index (χ0) is 53.0. The molecule has 4 aliphatic heterocycles. The molecule has 4 aromatic carbocycles. The third-order valence-corrected chi connectivity index (χ3v) is 14.3. The minimum absolute atomic E-state index is 0. The van der Waals surface area contributed by atoms with Crippen LogP contribution in [0.3, 0.4) is 0 Å². The number of ether oxygens (including phenoxy) is 2. The van der Waals surface area contributed by atoms with E-state index in [2.05, 4.69) is 24.9 Å². The Morgan fingerprint density at radius 1 is 0.653 bits per heavy atom. The van der Waals surface area contributed by atoms with Crippen LogP contribution >= 0.6 is 46.4 Å². The Hall–Kier alpha value is -3.52. The van der Waals surface area contributed by atoms with E-state index in [0.29, 0.717) is 68.9 Å². The molecule has 0 spiro atoms. The normalized spacial score (nSPS) is 19.2. The van der Waals surface area contributed by atoms with E-state index in [1.54, 1.807) is 64.1 Å². The fraction of sp³-hybridized carbons (Fsp3) is 0.527. The zero-order valence-electron chi connectivity index (χ0n) is 42.6. The van der Waals surface area contributed by atoms with Gasteiger partial charge in [0.2, 0.25) is 5.91 Å². The van der Waals surface area contributed by atoms with E-state index in [4.69, 9.17) is 66.7 Å². The van der Waals surface area contributed by atoms with Crippen molar-refractivity contribution in [2.75, 3.05) is 88.5 Å². The molecule has 413 valence electrons. The van der Waals surface area contributed by atoms with Crippen LogP contribution in [0.15, 0.2) is 84.9 Å². The van der Waals surface area contributed by atoms with Gasteiger partial charge >= 0.3 is 5.97 Å². The first-order valence-electron chi connectivity index (χ1n) is 24.9. The SMILES string of the molecule is C.CC(C)(O)COc1ccc(C(O)[C@@H](CN2CCC2)NC(=O)[C@@H]2CCN(c3ccc(Cl)cc3)C2)cc1Cl.CC(C)(O)COc1ccc(C(O)[C@H](N)CN2CCC2)cc1Cl.O=C(O)[C@@H]1CCN(c2ccc(Cl)cc2)C1.[V]. The number of amides is 1. The summed E-state index contributed by atoms with van der Waals surface area (Å²) in [5.41, 5.74) is 7.52. The molecule has 4 fully saturated rings. The number of aliphatic hydroxyl groups excluding tert-OH is 2. The van der Waals surface area contributed by atoms with Gasteiger partial charge in [-0.1, -0.05) is 66.0 Å². The average molecular weight is 1160 g/mol. The van der Waals surface area contributed by atoms with Crippen molar-refractivity contribution in [3.63, 3.8) is 0 Å². The Bertz CT molecular complexity index is 2410. The summed E-state index contributed by atoms with van der Waals surface area (Å²) in [6, 6.07) is 24.6. The molecule has 4 aliphatic rings. The number of nitrogens with one attached hydrogen (secondary N) is 1. The van der Waals surface area contributed by atoms with Crippen molar-refractivity contribution in [2.45, 2.75) is 96.3 Å². The summed E-state index contributed by atoms with van der Waals surface area (Å²) in [5.74, 6) is -0.227. The fourth-order valence-corrected chi connectivity index (χ4v) is 9.40. The molecular formula is C55H76Cl4N6O9V. The number of anilines is 2. The summed E-state index contributed by atoms with van der Waals surface area (Å²) in [6.45, 7) is 14.9. The Morgan fingerprint density at radius 2 is 1.07 bits per heavy atom. The number of carboxylic acid groups (broad SMARTS) is 1. The Morgan fingerprint density at radius 3 is 1.45 bits per heavy atom. The molecule has 15 nitrogen and oxygen atoms in total. The van der Waals surface area contributed by atoms with Gasteiger partial charge in [0.25, 0.3) is 0 Å². The van der Waals surface area contributed by atoms with Crippen LogP contribution in [0, 0.1) is 11.8 Å². The second-order valence-corrected chi connectivity index (χ2v) is 22.4. The molecule has 20 heteroatoms. The fourth-order valence-electron chi connectivity index (χ4n) is 8.66. The number of aliphatic carboxylic acids is 1. The molecule has 8 N–H and O–H groups in total. The molecule has 0 saturated carbocycles. The number of hydrogen-bond donors (Lipinski definition) is 7. The molecular weight excluding hydrogens is 1080 g/mol. The number of carbonyl (C=O) groups is 2. The number of benzene rings is 4. The van der Waals surface area contributed by atoms with E-state index >= 15 is 0 Å². The third kappa shape index (κ3) is 20.0. The Labute approximate surface area is 475 Å². The first kappa shape index (κ1) is 64.0. The number of likely N-dealkylation sites (tertiary alicyclic amines) is 2. The molecule has 2 unspecified atom stereocenters. The molecule has 75 heavy (non-hydrogen) atoms. The van der Waals surface area contributed by atoms with E-state index in [-0.39, 0.29) is 63.0 Å². The molecule has 8 rings (SSSR count). The smallest absolute Gasteiger partial charge is 0.308 e. The second kappa shape index (κ2) is 29.5. The Balaban J connectivity index is 0.000000265. The average Bonchev–Trinajstić information content (AvgIpc) is 4.02. The van der Waals surface area contributed by atoms with Gasteiger partial charge < -0.3 is 65.7 Å². The van der Waals surface area contributed by atoms with Crippen molar-refractivity contribution in [1.29, 1.82) is 0 Å². The van der Waals surface area contributed by atoms with Crippen molar-refractivity contribution in [2.24, 2.45) is 17.6 Å². The number of aliphatic hydroxyl groups is 4. The van der Waals surface area contributed by atoms with Gasteiger partial charge in [-0.25, -0.2) is 0 Å². The van der Waals surface area contributed by atoms with Gasteiger partial charge in [-0.15, -0.1) is 0 Å². The van der Waals surface area contributed by atoms with Crippen LogP contribution in [0.4, 0.5) is 11.4 Å². The van der Waals surface area contributed by atoms with Crippen molar-refractivity contribution in [1.82, 2.24) is 15.1 Å². The quantitative estimate of drug-likeness (QED) is 0.0472. The molecule has 0 bridgehead atoms. The molecule has 4 heterocycles. The van der Waals surface area contributed by atoms with Crippen molar-refractivity contribution < 1.29 is 63.2 Å². The monoisotopic (exact) mass is 1160 g/mol. The molecule has 1 amide bonds. The molecule has 0 aliphatic carbocycles. The molecule has 6 atom stereocenters. The number of hydrogen-bond acceptors (Lipinski definition) is 13. The van der Waals surface area contributed by atoms with Crippen molar-refractivity contribution >= 4 is 69.7 Å². The summed E-state index contributed by atoms with van der Waals surface area (Å²) in [4.78, 5) is 32.7. The van der Waals surface area contributed by atoms with Gasteiger partial charge in [0.1, 0.15) is 30.8 Å². The number of carboxylic acids is 1. The van der Waals surface area contributed by atoms with Gasteiger partial charge in [0.15, 0.2) is 0 Å². The van der Waals surface area contributed by atoms with Crippen LogP contribution in [0.2, 0.25) is 20.1 Å². The van der Waals surface area contributed by atoms with Gasteiger partial charge in [0, 0.05) is 85.3 Å². The van der Waals surface area contributed by atoms with Crippen molar-refractivity contribution in [3.05, 3.63) is 116 Å². The van der Waals surface area contributed by atoms with E-state index in [1.807, 2.05) is 48.5 Å². The van der Waals surface area contributed by atoms with Crippen LogP contribution in [0.1, 0.15) is 84.1 Å². The van der Waals surface area contributed by atoms with Crippen LogP contribution in [0.5, 0.6) is 11.5 Å². The topological polar surface area (TPSA) is 205 Å². The van der Waals surface area contributed by atoms with Crippen LogP contribution in [-0.2, 0) is 28.1 Å². The summed E-state index contributed by atoms with van der Waals surface area (Å²) >= 11 is 24.4. The number of rotatable bonds is 19. The minimum Gasteiger partial charge on any atom is -0.489 e. The molecule has 4 aromatic rings. The minimum atomic E-state index is -0.989. The molecule has 4 saturated heterocycles. The van der Waals surface area contributed by atoms with Crippen LogP contribution in [-0.4, -0.2) is 149 Å². The summed E-state index contributed by atoms with van der Waals surface area (Å²) in [5, 5.41) is 55.3. The van der Waals surface area contributed by atoms with E-state index in [0.717, 1.165) is 69.9 Å². The predicted molar refractivity (Wildman–Crippen MR) is 296 cm³/mol. The summed E-state index contributed by atoms with van der Waals surface area (Å²) in [6.07, 6.45) is 2.10. The number of halogens is 4. The number of nitrogens with two attached hydrogens (primary N) is 1. The second-order valence-electron chi connectivity index (χ2n) is 20.7. The molecule has 1 radical (unpaired) electrons. The van der Waals surface area contributed by atoms with Gasteiger partial charge in [0.05, 0.1) is 45.2 Å². The third-order valence-electron chi connectivity index (χ3n) is 13.2. The standard InChI is InChI=1S/C27H35Cl2N3O4.C16H25ClN2O3.C11H12ClNO2.CH4.V/c1-27(2,35)17-36-24-9-4-18(14-22(24)29)25(33)23(16-31-11-3-12-31)30-26(34)19-10-13-32(15-19)21-7-5-20(28)6-8-21;1-16(2,21)10-22-14-5-4-11(8-12(14)17)15(20)13(18)9-19-6-3-7-19;12-9-1-3-10(4-2-9)13-6-5-8(7-13)11(14)15;;/h4-9,14,19,23,25,33,35H,3,10-13,15-17H2,1-2H3,(H,30,34);4-5,8,13,15,20-21H,3,6-7,9-10,18H2,1-2H3;1-4,8H,5-7H2,(H,14,15);1H4;/t19-,23-,25?;13-,15?;8-;;/m111../s1. The van der Waals surface area contributed by atoms with Crippen molar-refractivity contribution in [3.8, 4) is 11.5 Å². The maximum Gasteiger partial charge on any atom is 0.308 e. The largest absolute Gasteiger partial charge is 0.489 e. The number of nitrogens with zero attached hydrogens (tertiary/aromatic N) is 4. The molecule has 0 aromatic heterocycles. The maximum absolute atomic E-state index is 13.3. The number of carbonyl (C=O) groups excluding carboxylic acids is 1. The summed E-state index contributed by atoms with van der Waals surface area (Å²) < 4.78 is 11.1. The van der Waals surface area contributed by atoms with E-state index in [1.165, 1.54) is 6.42 Å². The maximum atomic E-state index is 13.3. The Kier molecular flexibility index (Phi) is 25.1. The summed E-state index contributed by atoms with van der Waals surface area (Å²) in [7, 11) is 0. The predicted octanol–water partition coefficient (Wildman–Crippen LogP) is 8.33. The van der Waals surface area contributed by atoms with Crippen LogP contribution < -0.4 is 30.3 Å². The van der Waals surface area contributed by atoms with E-state index in [9.17, 15) is 30.0 Å².